The molecule has 0 spiro atoms. The lowest BCUT2D eigenvalue weighted by atomic mass is 10.0. The van der Waals surface area contributed by atoms with Crippen LogP contribution in [0.2, 0.25) is 0 Å². The van der Waals surface area contributed by atoms with Gasteiger partial charge in [0.2, 0.25) is 10.0 Å². The van der Waals surface area contributed by atoms with E-state index in [4.69, 9.17) is 0 Å². The van der Waals surface area contributed by atoms with E-state index in [0.717, 1.165) is 15.7 Å². The number of carbonyl (C=O) groups is 2. The van der Waals surface area contributed by atoms with E-state index < -0.39 is 10.0 Å². The predicted molar refractivity (Wildman–Crippen MR) is 86.8 cm³/mol. The van der Waals surface area contributed by atoms with Crippen molar-refractivity contribution in [2.24, 2.45) is 0 Å². The lowest BCUT2D eigenvalue weighted by Crippen LogP contribution is -2.38. The second-order valence-electron chi connectivity index (χ2n) is 5.30. The number of benzene rings is 2. The predicted octanol–water partition coefficient (Wildman–Crippen LogP) is 1.38. The topological polar surface area (TPSA) is 83.6 Å². The molecule has 120 valence electrons. The average Bonchev–Trinajstić information content (AvgIpc) is 2.77. The summed E-state index contributed by atoms with van der Waals surface area (Å²) in [6, 6.07) is 10.9. The number of carbonyl (C=O) groups excluding carboxylic acids is 2. The van der Waals surface area contributed by atoms with Gasteiger partial charge in [-0.1, -0.05) is 24.3 Å². The third-order valence-electron chi connectivity index (χ3n) is 3.87. The molecule has 3 rings (SSSR count). The van der Waals surface area contributed by atoms with Crippen molar-refractivity contribution in [1.29, 1.82) is 0 Å². The second kappa shape index (κ2) is 5.75. The zero-order valence-electron chi connectivity index (χ0n) is 12.6. The van der Waals surface area contributed by atoms with Crippen molar-refractivity contribution < 1.29 is 18.0 Å². The maximum absolute atomic E-state index is 12.4. The van der Waals surface area contributed by atoms with Gasteiger partial charge in [-0.25, -0.2) is 13.1 Å². The minimum Gasteiger partial charge on any atom is -0.273 e. The van der Waals surface area contributed by atoms with E-state index in [1.807, 2.05) is 24.3 Å². The van der Waals surface area contributed by atoms with Crippen molar-refractivity contribution in [3.8, 4) is 0 Å². The summed E-state index contributed by atoms with van der Waals surface area (Å²) in [4.78, 5) is 25.9. The smallest absolute Gasteiger partial charge is 0.261 e. The van der Waals surface area contributed by atoms with Crippen molar-refractivity contribution >= 4 is 32.6 Å². The van der Waals surface area contributed by atoms with E-state index in [1.165, 1.54) is 6.92 Å². The molecule has 0 unspecified atom stereocenters. The molecule has 2 aromatic carbocycles. The number of imide groups is 1. The van der Waals surface area contributed by atoms with Crippen LogP contribution in [-0.4, -0.2) is 44.0 Å². The quantitative estimate of drug-likeness (QED) is 0.838. The molecule has 1 N–H and O–H groups in total. The molecule has 2 amide bonds. The van der Waals surface area contributed by atoms with Crippen molar-refractivity contribution in [1.82, 2.24) is 9.62 Å². The van der Waals surface area contributed by atoms with E-state index in [1.54, 1.807) is 12.1 Å². The van der Waals surface area contributed by atoms with Gasteiger partial charge in [-0.2, -0.15) is 0 Å². The van der Waals surface area contributed by atoms with Gasteiger partial charge in [0.1, 0.15) is 0 Å². The Balaban J connectivity index is 1.84. The molecule has 0 radical (unpaired) electrons. The van der Waals surface area contributed by atoms with Crippen molar-refractivity contribution in [3.63, 3.8) is 0 Å². The number of hydrogen-bond donors (Lipinski definition) is 1. The fraction of sp³-hybridized carbons (Fsp3) is 0.250. The summed E-state index contributed by atoms with van der Waals surface area (Å²) in [7, 11) is -3.34. The Morgan fingerprint density at radius 3 is 2.00 bits per heavy atom. The highest BCUT2D eigenvalue weighted by molar-refractivity contribution is 7.89. The zero-order chi connectivity index (χ0) is 16.6. The summed E-state index contributed by atoms with van der Waals surface area (Å²) in [5.41, 5.74) is 0.735. The van der Waals surface area contributed by atoms with E-state index >= 15 is 0 Å². The SMILES string of the molecule is CCS(=O)(=O)NCCN1C(=O)c2cc3ccccc3cc2C1=O. The maximum atomic E-state index is 12.4. The molecule has 7 heteroatoms. The first-order valence-electron chi connectivity index (χ1n) is 7.29. The van der Waals surface area contributed by atoms with Crippen LogP contribution in [0.15, 0.2) is 36.4 Å². The van der Waals surface area contributed by atoms with Crippen LogP contribution in [0.1, 0.15) is 27.6 Å². The highest BCUT2D eigenvalue weighted by atomic mass is 32.2. The number of rotatable bonds is 5. The number of nitrogens with zero attached hydrogens (tertiary/aromatic N) is 1. The molecular weight excluding hydrogens is 316 g/mol. The average molecular weight is 332 g/mol. The Morgan fingerprint density at radius 1 is 1.00 bits per heavy atom. The number of sulfonamides is 1. The van der Waals surface area contributed by atoms with Crippen molar-refractivity contribution in [2.45, 2.75) is 6.92 Å². The van der Waals surface area contributed by atoms with E-state index in [2.05, 4.69) is 4.72 Å². The van der Waals surface area contributed by atoms with Crippen LogP contribution in [0.3, 0.4) is 0 Å². The van der Waals surface area contributed by atoms with Gasteiger partial charge in [-0.15, -0.1) is 0 Å². The fourth-order valence-electron chi connectivity index (χ4n) is 2.60. The molecule has 0 saturated heterocycles. The van der Waals surface area contributed by atoms with Crippen LogP contribution in [0.5, 0.6) is 0 Å². The summed E-state index contributed by atoms with van der Waals surface area (Å²) >= 11 is 0. The molecule has 0 bridgehead atoms. The standard InChI is InChI=1S/C16H16N2O4S/c1-2-23(21,22)17-7-8-18-15(19)13-9-11-5-3-4-6-12(11)10-14(13)16(18)20/h3-6,9-10,17H,2,7-8H2,1H3. The molecule has 0 aromatic heterocycles. The molecule has 1 aliphatic heterocycles. The highest BCUT2D eigenvalue weighted by Crippen LogP contribution is 2.27. The summed E-state index contributed by atoms with van der Waals surface area (Å²) in [6.07, 6.45) is 0. The monoisotopic (exact) mass is 332 g/mol. The Morgan fingerprint density at radius 2 is 1.52 bits per heavy atom. The second-order valence-corrected chi connectivity index (χ2v) is 7.40. The first kappa shape index (κ1) is 15.6. The van der Waals surface area contributed by atoms with Gasteiger partial charge in [-0.3, -0.25) is 14.5 Å². The Hall–Kier alpha value is -2.25. The number of hydrogen-bond acceptors (Lipinski definition) is 4. The van der Waals surface area contributed by atoms with Gasteiger partial charge in [0.15, 0.2) is 0 Å². The first-order chi connectivity index (χ1) is 10.9. The molecule has 0 saturated carbocycles. The zero-order valence-corrected chi connectivity index (χ0v) is 13.4. The van der Waals surface area contributed by atoms with Gasteiger partial charge in [0.25, 0.3) is 11.8 Å². The van der Waals surface area contributed by atoms with Gasteiger partial charge in [-0.05, 0) is 29.8 Å². The van der Waals surface area contributed by atoms with E-state index in [-0.39, 0.29) is 30.7 Å². The van der Waals surface area contributed by atoms with E-state index in [0.29, 0.717) is 11.1 Å². The van der Waals surface area contributed by atoms with Crippen LogP contribution in [0.25, 0.3) is 10.8 Å². The van der Waals surface area contributed by atoms with Gasteiger partial charge < -0.3 is 0 Å². The van der Waals surface area contributed by atoms with Gasteiger partial charge in [0, 0.05) is 13.1 Å². The van der Waals surface area contributed by atoms with Crippen molar-refractivity contribution in [3.05, 3.63) is 47.5 Å². The molecule has 1 heterocycles. The minimum absolute atomic E-state index is 0.0150. The van der Waals surface area contributed by atoms with Gasteiger partial charge >= 0.3 is 0 Å². The summed E-state index contributed by atoms with van der Waals surface area (Å²) in [5.74, 6) is -0.807. The molecule has 0 atom stereocenters. The normalized spacial score (nSPS) is 14.6. The van der Waals surface area contributed by atoms with Crippen LogP contribution in [0.4, 0.5) is 0 Å². The molecule has 2 aromatic rings. The summed E-state index contributed by atoms with van der Waals surface area (Å²) in [5, 5.41) is 1.78. The number of fused-ring (bicyclic) bond motifs is 2. The third-order valence-corrected chi connectivity index (χ3v) is 5.28. The Kier molecular flexibility index (Phi) is 3.91. The Bertz CT molecular complexity index is 851. The van der Waals surface area contributed by atoms with E-state index in [9.17, 15) is 18.0 Å². The van der Waals surface area contributed by atoms with Crippen molar-refractivity contribution in [2.75, 3.05) is 18.8 Å². The largest absolute Gasteiger partial charge is 0.273 e. The molecule has 0 fully saturated rings. The number of nitrogens with one attached hydrogen (secondary N) is 1. The number of amides is 2. The first-order valence-corrected chi connectivity index (χ1v) is 8.94. The molecule has 0 aliphatic carbocycles. The molecular formula is C16H16N2O4S. The third kappa shape index (κ3) is 2.85. The summed E-state index contributed by atoms with van der Waals surface area (Å²) < 4.78 is 25.2. The molecule has 1 aliphatic rings. The molecule has 23 heavy (non-hydrogen) atoms. The van der Waals surface area contributed by atoms with Crippen LogP contribution in [-0.2, 0) is 10.0 Å². The minimum atomic E-state index is -3.34. The summed E-state index contributed by atoms with van der Waals surface area (Å²) in [6.45, 7) is 1.55. The lowest BCUT2D eigenvalue weighted by molar-refractivity contribution is 0.0657. The molecule has 6 nitrogen and oxygen atoms in total. The fourth-order valence-corrected chi connectivity index (χ4v) is 3.20. The highest BCUT2D eigenvalue weighted by Gasteiger charge is 2.35. The van der Waals surface area contributed by atoms with Crippen LogP contribution >= 0.6 is 0 Å². The lowest BCUT2D eigenvalue weighted by Gasteiger charge is -2.13. The van der Waals surface area contributed by atoms with Gasteiger partial charge in [0.05, 0.1) is 16.9 Å². The van der Waals surface area contributed by atoms with Crippen LogP contribution < -0.4 is 4.72 Å². The van der Waals surface area contributed by atoms with Crippen LogP contribution in [0, 0.1) is 0 Å². The Labute approximate surface area is 134 Å². The maximum Gasteiger partial charge on any atom is 0.261 e.